The summed E-state index contributed by atoms with van der Waals surface area (Å²) in [5, 5.41) is 0. The van der Waals surface area contributed by atoms with Gasteiger partial charge >= 0.3 is 0 Å². The van der Waals surface area contributed by atoms with Crippen molar-refractivity contribution in [2.45, 2.75) is 27.2 Å². The molecule has 0 N–H and O–H groups in total. The fourth-order valence-corrected chi connectivity index (χ4v) is 2.75. The van der Waals surface area contributed by atoms with Crippen LogP contribution in [0.4, 0.5) is 0 Å². The number of carbonyl (C=O) groups excluding carboxylic acids is 1. The molecule has 0 radical (unpaired) electrons. The van der Waals surface area contributed by atoms with Crippen LogP contribution in [0, 0.1) is 20.8 Å². The van der Waals surface area contributed by atoms with Crippen molar-refractivity contribution in [3.8, 4) is 0 Å². The first-order valence-corrected chi connectivity index (χ1v) is 7.12. The van der Waals surface area contributed by atoms with Gasteiger partial charge in [-0.2, -0.15) is 0 Å². The molecular formula is C17H17BrO. The molecule has 0 saturated carbocycles. The summed E-state index contributed by atoms with van der Waals surface area (Å²) in [7, 11) is 0. The molecule has 19 heavy (non-hydrogen) atoms. The highest BCUT2D eigenvalue weighted by Gasteiger charge is 2.11. The van der Waals surface area contributed by atoms with Crippen LogP contribution in [-0.2, 0) is 6.42 Å². The Labute approximate surface area is 122 Å². The smallest absolute Gasteiger partial charge is 0.168 e. The van der Waals surface area contributed by atoms with E-state index in [1.807, 2.05) is 31.2 Å². The third-order valence-electron chi connectivity index (χ3n) is 3.36. The third-order valence-corrected chi connectivity index (χ3v) is 4.02. The average molecular weight is 317 g/mol. The van der Waals surface area contributed by atoms with E-state index in [0.29, 0.717) is 6.42 Å². The normalized spacial score (nSPS) is 10.5. The SMILES string of the molecule is Cc1ccc(C(=O)Cc2ccc(C)c(C)c2)c(Br)c1. The Morgan fingerprint density at radius 1 is 1.00 bits per heavy atom. The largest absolute Gasteiger partial charge is 0.294 e. The molecule has 0 unspecified atom stereocenters. The topological polar surface area (TPSA) is 17.1 Å². The van der Waals surface area contributed by atoms with Gasteiger partial charge in [0.2, 0.25) is 0 Å². The van der Waals surface area contributed by atoms with Gasteiger partial charge in [-0.05, 0) is 55.2 Å². The fraction of sp³-hybridized carbons (Fsp3) is 0.235. The summed E-state index contributed by atoms with van der Waals surface area (Å²) in [5.74, 6) is 0.148. The van der Waals surface area contributed by atoms with Crippen LogP contribution in [0.2, 0.25) is 0 Å². The summed E-state index contributed by atoms with van der Waals surface area (Å²) in [4.78, 5) is 12.3. The quantitative estimate of drug-likeness (QED) is 0.743. The van der Waals surface area contributed by atoms with Crippen molar-refractivity contribution < 1.29 is 4.79 Å². The maximum atomic E-state index is 12.3. The molecule has 0 aliphatic carbocycles. The minimum Gasteiger partial charge on any atom is -0.294 e. The molecule has 0 saturated heterocycles. The van der Waals surface area contributed by atoms with Gasteiger partial charge in [-0.3, -0.25) is 4.79 Å². The van der Waals surface area contributed by atoms with Crippen LogP contribution < -0.4 is 0 Å². The molecule has 0 amide bonds. The first-order chi connectivity index (χ1) is 8.97. The summed E-state index contributed by atoms with van der Waals surface area (Å²) in [6.45, 7) is 6.17. The zero-order valence-electron chi connectivity index (χ0n) is 11.5. The molecule has 0 atom stereocenters. The fourth-order valence-electron chi connectivity index (χ4n) is 2.04. The number of hydrogen-bond donors (Lipinski definition) is 0. The number of hydrogen-bond acceptors (Lipinski definition) is 1. The number of rotatable bonds is 3. The van der Waals surface area contributed by atoms with Crippen molar-refractivity contribution in [3.05, 3.63) is 68.7 Å². The maximum absolute atomic E-state index is 12.3. The van der Waals surface area contributed by atoms with Gasteiger partial charge in [0.15, 0.2) is 5.78 Å². The molecule has 0 aliphatic rings. The number of benzene rings is 2. The van der Waals surface area contributed by atoms with Crippen molar-refractivity contribution in [2.24, 2.45) is 0 Å². The molecule has 2 aromatic rings. The molecule has 98 valence electrons. The molecule has 0 fully saturated rings. The van der Waals surface area contributed by atoms with E-state index in [9.17, 15) is 4.79 Å². The Balaban J connectivity index is 2.23. The first kappa shape index (κ1) is 14.0. The Morgan fingerprint density at radius 2 is 1.74 bits per heavy atom. The van der Waals surface area contributed by atoms with E-state index in [0.717, 1.165) is 21.2 Å². The highest BCUT2D eigenvalue weighted by atomic mass is 79.9. The lowest BCUT2D eigenvalue weighted by Gasteiger charge is -2.07. The summed E-state index contributed by atoms with van der Waals surface area (Å²) in [6.07, 6.45) is 0.447. The molecule has 2 aromatic carbocycles. The van der Waals surface area contributed by atoms with Gasteiger partial charge in [-0.1, -0.05) is 40.2 Å². The number of halogens is 1. The molecule has 2 rings (SSSR count). The predicted octanol–water partition coefficient (Wildman–Crippen LogP) is 4.80. The van der Waals surface area contributed by atoms with E-state index in [1.165, 1.54) is 11.1 Å². The number of carbonyl (C=O) groups is 1. The van der Waals surface area contributed by atoms with E-state index in [-0.39, 0.29) is 5.78 Å². The Bertz CT molecular complexity index is 629. The van der Waals surface area contributed by atoms with Crippen LogP contribution in [0.15, 0.2) is 40.9 Å². The second-order valence-electron chi connectivity index (χ2n) is 5.00. The van der Waals surface area contributed by atoms with Crippen molar-refractivity contribution >= 4 is 21.7 Å². The molecular weight excluding hydrogens is 300 g/mol. The maximum Gasteiger partial charge on any atom is 0.168 e. The van der Waals surface area contributed by atoms with Gasteiger partial charge in [0.05, 0.1) is 0 Å². The first-order valence-electron chi connectivity index (χ1n) is 6.33. The van der Waals surface area contributed by atoms with Crippen LogP contribution in [0.3, 0.4) is 0 Å². The van der Waals surface area contributed by atoms with E-state index < -0.39 is 0 Å². The van der Waals surface area contributed by atoms with Crippen LogP contribution >= 0.6 is 15.9 Å². The predicted molar refractivity (Wildman–Crippen MR) is 82.8 cm³/mol. The highest BCUT2D eigenvalue weighted by molar-refractivity contribution is 9.10. The molecule has 0 aromatic heterocycles. The standard InChI is InChI=1S/C17H17BrO/c1-11-4-7-15(16(18)8-11)17(19)10-14-6-5-12(2)13(3)9-14/h4-9H,10H2,1-3H3. The zero-order valence-corrected chi connectivity index (χ0v) is 13.0. The van der Waals surface area contributed by atoms with Gasteiger partial charge in [-0.15, -0.1) is 0 Å². The lowest BCUT2D eigenvalue weighted by atomic mass is 9.99. The minimum atomic E-state index is 0.148. The molecule has 1 nitrogen and oxygen atoms in total. The summed E-state index contributed by atoms with van der Waals surface area (Å²) in [6, 6.07) is 12.0. The van der Waals surface area contributed by atoms with E-state index >= 15 is 0 Å². The Hall–Kier alpha value is -1.41. The van der Waals surface area contributed by atoms with Crippen molar-refractivity contribution in [3.63, 3.8) is 0 Å². The Kier molecular flexibility index (Phi) is 4.20. The molecule has 0 bridgehead atoms. The third kappa shape index (κ3) is 3.32. The molecule has 0 heterocycles. The second-order valence-corrected chi connectivity index (χ2v) is 5.86. The number of aryl methyl sites for hydroxylation is 3. The number of ketones is 1. The second kappa shape index (κ2) is 5.70. The van der Waals surface area contributed by atoms with Crippen LogP contribution in [0.1, 0.15) is 32.6 Å². The summed E-state index contributed by atoms with van der Waals surface area (Å²) >= 11 is 3.47. The van der Waals surface area contributed by atoms with Crippen LogP contribution in [0.5, 0.6) is 0 Å². The summed E-state index contributed by atoms with van der Waals surface area (Å²) in [5.41, 5.74) is 5.46. The summed E-state index contributed by atoms with van der Waals surface area (Å²) < 4.78 is 0.876. The van der Waals surface area contributed by atoms with Crippen LogP contribution in [-0.4, -0.2) is 5.78 Å². The lowest BCUT2D eigenvalue weighted by Crippen LogP contribution is -2.05. The van der Waals surface area contributed by atoms with E-state index in [4.69, 9.17) is 0 Å². The Morgan fingerprint density at radius 3 is 2.37 bits per heavy atom. The monoisotopic (exact) mass is 316 g/mol. The van der Waals surface area contributed by atoms with Crippen molar-refractivity contribution in [2.75, 3.05) is 0 Å². The van der Waals surface area contributed by atoms with Gasteiger partial charge < -0.3 is 0 Å². The zero-order chi connectivity index (χ0) is 14.0. The molecule has 0 spiro atoms. The number of Topliss-reactive ketones (excluding diaryl/α,β-unsaturated/α-hetero) is 1. The van der Waals surface area contributed by atoms with E-state index in [2.05, 4.69) is 41.9 Å². The van der Waals surface area contributed by atoms with Gasteiger partial charge in [0, 0.05) is 16.5 Å². The lowest BCUT2D eigenvalue weighted by molar-refractivity contribution is 0.0992. The van der Waals surface area contributed by atoms with Crippen molar-refractivity contribution in [1.29, 1.82) is 0 Å². The van der Waals surface area contributed by atoms with Crippen molar-refractivity contribution in [1.82, 2.24) is 0 Å². The van der Waals surface area contributed by atoms with Gasteiger partial charge in [-0.25, -0.2) is 0 Å². The molecule has 0 aliphatic heterocycles. The highest BCUT2D eigenvalue weighted by Crippen LogP contribution is 2.21. The average Bonchev–Trinajstić information content (AvgIpc) is 2.33. The van der Waals surface area contributed by atoms with E-state index in [1.54, 1.807) is 0 Å². The van der Waals surface area contributed by atoms with Gasteiger partial charge in [0.25, 0.3) is 0 Å². The minimum absolute atomic E-state index is 0.148. The molecule has 2 heteroatoms. The van der Waals surface area contributed by atoms with Gasteiger partial charge in [0.1, 0.15) is 0 Å². The van der Waals surface area contributed by atoms with Crippen LogP contribution in [0.25, 0.3) is 0 Å².